The van der Waals surface area contributed by atoms with E-state index in [2.05, 4.69) is 12.2 Å². The van der Waals surface area contributed by atoms with Crippen molar-refractivity contribution in [3.63, 3.8) is 0 Å². The minimum absolute atomic E-state index is 0.0822. The van der Waals surface area contributed by atoms with E-state index in [1.54, 1.807) is 12.3 Å². The standard InChI is InChI=1S/C15H17F2NO/c1-2-7-18-15(10-12-4-3-8-19-12)11-5-6-13(16)14(17)9-11/h3-6,8-9,15,18H,2,7,10H2,1H3. The molecule has 4 heteroatoms. The van der Waals surface area contributed by atoms with Crippen LogP contribution in [-0.4, -0.2) is 6.54 Å². The van der Waals surface area contributed by atoms with Gasteiger partial charge in [-0.3, -0.25) is 0 Å². The number of hydrogen-bond acceptors (Lipinski definition) is 2. The molecule has 1 atom stereocenters. The molecule has 19 heavy (non-hydrogen) atoms. The molecule has 2 rings (SSSR count). The van der Waals surface area contributed by atoms with E-state index in [0.717, 1.165) is 30.4 Å². The first-order chi connectivity index (χ1) is 9.20. The second-order valence-corrected chi connectivity index (χ2v) is 4.46. The number of rotatable bonds is 6. The Balaban J connectivity index is 2.18. The maximum atomic E-state index is 13.3. The van der Waals surface area contributed by atoms with E-state index in [9.17, 15) is 8.78 Å². The van der Waals surface area contributed by atoms with Crippen LogP contribution in [0.1, 0.15) is 30.7 Å². The molecule has 0 saturated carbocycles. The lowest BCUT2D eigenvalue weighted by atomic mass is 10.0. The number of nitrogens with one attached hydrogen (secondary N) is 1. The summed E-state index contributed by atoms with van der Waals surface area (Å²) in [4.78, 5) is 0. The Bertz CT molecular complexity index is 511. The molecule has 1 unspecified atom stereocenters. The van der Waals surface area contributed by atoms with Gasteiger partial charge in [-0.15, -0.1) is 0 Å². The van der Waals surface area contributed by atoms with Gasteiger partial charge in [0, 0.05) is 12.5 Å². The zero-order valence-corrected chi connectivity index (χ0v) is 10.8. The van der Waals surface area contributed by atoms with E-state index in [0.29, 0.717) is 6.42 Å². The van der Waals surface area contributed by atoms with Crippen LogP contribution in [-0.2, 0) is 6.42 Å². The Morgan fingerprint density at radius 2 is 2.05 bits per heavy atom. The van der Waals surface area contributed by atoms with Gasteiger partial charge in [-0.05, 0) is 42.8 Å². The fourth-order valence-electron chi connectivity index (χ4n) is 1.99. The largest absolute Gasteiger partial charge is 0.469 e. The van der Waals surface area contributed by atoms with Crippen molar-refractivity contribution in [3.05, 3.63) is 59.6 Å². The topological polar surface area (TPSA) is 25.2 Å². The van der Waals surface area contributed by atoms with Gasteiger partial charge < -0.3 is 9.73 Å². The lowest BCUT2D eigenvalue weighted by Gasteiger charge is -2.18. The van der Waals surface area contributed by atoms with Crippen molar-refractivity contribution in [3.8, 4) is 0 Å². The number of benzene rings is 1. The van der Waals surface area contributed by atoms with Crippen molar-refractivity contribution >= 4 is 0 Å². The monoisotopic (exact) mass is 265 g/mol. The minimum atomic E-state index is -0.823. The smallest absolute Gasteiger partial charge is 0.159 e. The molecule has 102 valence electrons. The summed E-state index contributed by atoms with van der Waals surface area (Å²) in [7, 11) is 0. The van der Waals surface area contributed by atoms with Crippen LogP contribution in [0, 0.1) is 11.6 Å². The van der Waals surface area contributed by atoms with E-state index in [4.69, 9.17) is 4.42 Å². The molecule has 0 bridgehead atoms. The summed E-state index contributed by atoms with van der Waals surface area (Å²) in [5, 5.41) is 3.32. The second kappa shape index (κ2) is 6.48. The summed E-state index contributed by atoms with van der Waals surface area (Å²) >= 11 is 0. The van der Waals surface area contributed by atoms with Gasteiger partial charge in [0.15, 0.2) is 11.6 Å². The fourth-order valence-corrected chi connectivity index (χ4v) is 1.99. The highest BCUT2D eigenvalue weighted by atomic mass is 19.2. The molecule has 0 aliphatic rings. The Kier molecular flexibility index (Phi) is 4.68. The first-order valence-electron chi connectivity index (χ1n) is 6.41. The van der Waals surface area contributed by atoms with Crippen LogP contribution in [0.5, 0.6) is 0 Å². The molecule has 1 aromatic carbocycles. The van der Waals surface area contributed by atoms with E-state index in [-0.39, 0.29) is 6.04 Å². The fraction of sp³-hybridized carbons (Fsp3) is 0.333. The van der Waals surface area contributed by atoms with Crippen molar-refractivity contribution in [2.24, 2.45) is 0 Å². The van der Waals surface area contributed by atoms with Crippen molar-refractivity contribution in [2.75, 3.05) is 6.54 Å². The SMILES string of the molecule is CCCNC(Cc1ccco1)c1ccc(F)c(F)c1. The van der Waals surface area contributed by atoms with Crippen LogP contribution in [0.4, 0.5) is 8.78 Å². The molecule has 1 heterocycles. The quantitative estimate of drug-likeness (QED) is 0.858. The minimum Gasteiger partial charge on any atom is -0.469 e. The molecule has 2 nitrogen and oxygen atoms in total. The van der Waals surface area contributed by atoms with Crippen LogP contribution >= 0.6 is 0 Å². The third-order valence-corrected chi connectivity index (χ3v) is 2.97. The molecule has 0 saturated heterocycles. The highest BCUT2D eigenvalue weighted by molar-refractivity contribution is 5.22. The van der Waals surface area contributed by atoms with Crippen LogP contribution in [0.15, 0.2) is 41.0 Å². The average molecular weight is 265 g/mol. The normalized spacial score (nSPS) is 12.6. The van der Waals surface area contributed by atoms with Gasteiger partial charge >= 0.3 is 0 Å². The molecule has 1 aromatic heterocycles. The molecule has 0 aliphatic carbocycles. The molecular formula is C15H17F2NO. The summed E-state index contributed by atoms with van der Waals surface area (Å²) in [5.74, 6) is -0.824. The van der Waals surface area contributed by atoms with E-state index >= 15 is 0 Å². The summed E-state index contributed by atoms with van der Waals surface area (Å²) in [6, 6.07) is 7.62. The maximum Gasteiger partial charge on any atom is 0.159 e. The van der Waals surface area contributed by atoms with Crippen molar-refractivity contribution in [2.45, 2.75) is 25.8 Å². The van der Waals surface area contributed by atoms with Gasteiger partial charge in [0.05, 0.1) is 6.26 Å². The maximum absolute atomic E-state index is 13.3. The Morgan fingerprint density at radius 1 is 1.21 bits per heavy atom. The summed E-state index contributed by atoms with van der Waals surface area (Å²) in [6.45, 7) is 2.87. The average Bonchev–Trinajstić information content (AvgIpc) is 2.91. The van der Waals surface area contributed by atoms with E-state index in [1.165, 1.54) is 6.07 Å². The van der Waals surface area contributed by atoms with Gasteiger partial charge in [-0.1, -0.05) is 13.0 Å². The predicted octanol–water partition coefficient (Wildman–Crippen LogP) is 3.84. The van der Waals surface area contributed by atoms with Gasteiger partial charge in [0.2, 0.25) is 0 Å². The molecule has 0 radical (unpaired) electrons. The Labute approximate surface area is 111 Å². The molecule has 0 fully saturated rings. The molecule has 1 N–H and O–H groups in total. The van der Waals surface area contributed by atoms with Crippen LogP contribution < -0.4 is 5.32 Å². The molecule has 2 aromatic rings. The zero-order chi connectivity index (χ0) is 13.7. The second-order valence-electron chi connectivity index (χ2n) is 4.46. The molecule has 0 amide bonds. The van der Waals surface area contributed by atoms with Crippen molar-refractivity contribution < 1.29 is 13.2 Å². The van der Waals surface area contributed by atoms with Gasteiger partial charge in [-0.2, -0.15) is 0 Å². The molecular weight excluding hydrogens is 248 g/mol. The van der Waals surface area contributed by atoms with Crippen LogP contribution in [0.2, 0.25) is 0 Å². The third-order valence-electron chi connectivity index (χ3n) is 2.97. The third kappa shape index (κ3) is 3.64. The number of hydrogen-bond donors (Lipinski definition) is 1. The summed E-state index contributed by atoms with van der Waals surface area (Å²) in [6.07, 6.45) is 3.19. The zero-order valence-electron chi connectivity index (χ0n) is 10.8. The highest BCUT2D eigenvalue weighted by Crippen LogP contribution is 2.21. The van der Waals surface area contributed by atoms with E-state index in [1.807, 2.05) is 12.1 Å². The first-order valence-corrected chi connectivity index (χ1v) is 6.41. The number of halogens is 2. The Hall–Kier alpha value is -1.68. The lowest BCUT2D eigenvalue weighted by molar-refractivity contribution is 0.445. The summed E-state index contributed by atoms with van der Waals surface area (Å²) in [5.41, 5.74) is 0.726. The van der Waals surface area contributed by atoms with Crippen LogP contribution in [0.25, 0.3) is 0 Å². The van der Waals surface area contributed by atoms with Crippen LogP contribution in [0.3, 0.4) is 0 Å². The Morgan fingerprint density at radius 3 is 2.68 bits per heavy atom. The highest BCUT2D eigenvalue weighted by Gasteiger charge is 2.15. The van der Waals surface area contributed by atoms with Gasteiger partial charge in [0.1, 0.15) is 5.76 Å². The van der Waals surface area contributed by atoms with Crippen molar-refractivity contribution in [1.29, 1.82) is 0 Å². The molecule has 0 spiro atoms. The van der Waals surface area contributed by atoms with Gasteiger partial charge in [0.25, 0.3) is 0 Å². The van der Waals surface area contributed by atoms with E-state index < -0.39 is 11.6 Å². The predicted molar refractivity (Wildman–Crippen MR) is 69.8 cm³/mol. The number of furan rings is 1. The van der Waals surface area contributed by atoms with Gasteiger partial charge in [-0.25, -0.2) is 8.78 Å². The van der Waals surface area contributed by atoms with Crippen molar-refractivity contribution in [1.82, 2.24) is 5.32 Å². The molecule has 0 aliphatic heterocycles. The summed E-state index contributed by atoms with van der Waals surface area (Å²) < 4.78 is 31.6. The first kappa shape index (κ1) is 13.7. The lowest BCUT2D eigenvalue weighted by Crippen LogP contribution is -2.24.